The van der Waals surface area contributed by atoms with E-state index in [0.29, 0.717) is 10.7 Å². The molecule has 0 aliphatic carbocycles. The number of hydrogen-bond donors (Lipinski definition) is 3. The molecular formula is C24H25N3OS. The Hall–Kier alpha value is -3.18. The normalized spacial score (nSPS) is 11.4. The van der Waals surface area contributed by atoms with Crippen molar-refractivity contribution in [2.24, 2.45) is 0 Å². The number of hydrogen-bond acceptors (Lipinski definition) is 2. The summed E-state index contributed by atoms with van der Waals surface area (Å²) in [5, 5.41) is 10.0. The second-order valence-corrected chi connectivity index (χ2v) is 7.47. The standard InChI is InChI=1S/C24H25N3OS/c1-16-12-13-22(14-17(16)2)27-24(29)25-18(3)20-10-7-11-21(15-20)26-23(28)19-8-5-4-6-9-19/h4-15,18H,1-3H3,(H,26,28)(H2,25,27,29). The van der Waals surface area contributed by atoms with E-state index in [1.165, 1.54) is 11.1 Å². The molecule has 0 fully saturated rings. The van der Waals surface area contributed by atoms with Gasteiger partial charge in [0.15, 0.2) is 5.11 Å². The summed E-state index contributed by atoms with van der Waals surface area (Å²) in [7, 11) is 0. The number of benzene rings is 3. The van der Waals surface area contributed by atoms with E-state index >= 15 is 0 Å². The Labute approximate surface area is 177 Å². The SMILES string of the molecule is Cc1ccc(NC(=S)NC(C)c2cccc(NC(=O)c3ccccc3)c2)cc1C. The molecule has 3 rings (SSSR count). The lowest BCUT2D eigenvalue weighted by Gasteiger charge is -2.18. The number of aryl methyl sites for hydroxylation is 2. The van der Waals surface area contributed by atoms with Crippen LogP contribution >= 0.6 is 12.2 Å². The average molecular weight is 404 g/mol. The summed E-state index contributed by atoms with van der Waals surface area (Å²) >= 11 is 5.46. The third-order valence-corrected chi connectivity index (χ3v) is 5.01. The molecule has 1 unspecified atom stereocenters. The Morgan fingerprint density at radius 3 is 2.28 bits per heavy atom. The van der Waals surface area contributed by atoms with Gasteiger partial charge in [-0.05, 0) is 86.1 Å². The molecule has 4 nitrogen and oxygen atoms in total. The van der Waals surface area contributed by atoms with E-state index in [-0.39, 0.29) is 11.9 Å². The summed E-state index contributed by atoms with van der Waals surface area (Å²) in [4.78, 5) is 12.4. The number of nitrogens with one attached hydrogen (secondary N) is 3. The fraction of sp³-hybridized carbons (Fsp3) is 0.167. The van der Waals surface area contributed by atoms with Crippen molar-refractivity contribution in [2.45, 2.75) is 26.8 Å². The Morgan fingerprint density at radius 2 is 1.55 bits per heavy atom. The van der Waals surface area contributed by atoms with Gasteiger partial charge >= 0.3 is 0 Å². The van der Waals surface area contributed by atoms with Crippen LogP contribution < -0.4 is 16.0 Å². The molecule has 0 aromatic heterocycles. The predicted molar refractivity (Wildman–Crippen MR) is 125 cm³/mol. The van der Waals surface area contributed by atoms with Crippen molar-refractivity contribution in [3.8, 4) is 0 Å². The van der Waals surface area contributed by atoms with E-state index in [0.717, 1.165) is 16.9 Å². The van der Waals surface area contributed by atoms with Crippen LogP contribution in [0.3, 0.4) is 0 Å². The highest BCUT2D eigenvalue weighted by molar-refractivity contribution is 7.80. The maximum absolute atomic E-state index is 12.4. The third kappa shape index (κ3) is 5.65. The van der Waals surface area contributed by atoms with E-state index in [9.17, 15) is 4.79 Å². The van der Waals surface area contributed by atoms with Crippen LogP contribution in [0.25, 0.3) is 0 Å². The summed E-state index contributed by atoms with van der Waals surface area (Å²) in [6, 6.07) is 23.1. The van der Waals surface area contributed by atoms with Gasteiger partial charge in [-0.15, -0.1) is 0 Å². The topological polar surface area (TPSA) is 53.2 Å². The monoisotopic (exact) mass is 403 g/mol. The summed E-state index contributed by atoms with van der Waals surface area (Å²) in [6.07, 6.45) is 0. The summed E-state index contributed by atoms with van der Waals surface area (Å²) in [5.74, 6) is -0.129. The van der Waals surface area contributed by atoms with Gasteiger partial charge in [-0.1, -0.05) is 36.4 Å². The maximum Gasteiger partial charge on any atom is 0.255 e. The number of carbonyl (C=O) groups is 1. The molecule has 3 aromatic carbocycles. The molecule has 29 heavy (non-hydrogen) atoms. The van der Waals surface area contributed by atoms with E-state index < -0.39 is 0 Å². The third-order valence-electron chi connectivity index (χ3n) is 4.79. The van der Waals surface area contributed by atoms with Crippen molar-refractivity contribution in [3.63, 3.8) is 0 Å². The number of thiocarbonyl (C=S) groups is 1. The van der Waals surface area contributed by atoms with Gasteiger partial charge in [0.25, 0.3) is 5.91 Å². The molecule has 0 spiro atoms. The Bertz CT molecular complexity index is 1020. The lowest BCUT2D eigenvalue weighted by Crippen LogP contribution is -2.31. The lowest BCUT2D eigenvalue weighted by molar-refractivity contribution is 0.102. The fourth-order valence-corrected chi connectivity index (χ4v) is 3.24. The van der Waals surface area contributed by atoms with Crippen LogP contribution in [0.1, 0.15) is 40.0 Å². The molecule has 0 bridgehead atoms. The molecule has 0 saturated heterocycles. The Morgan fingerprint density at radius 1 is 0.828 bits per heavy atom. The van der Waals surface area contributed by atoms with Crippen molar-refractivity contribution < 1.29 is 4.79 Å². The highest BCUT2D eigenvalue weighted by Gasteiger charge is 2.10. The lowest BCUT2D eigenvalue weighted by atomic mass is 10.1. The molecule has 0 aliphatic rings. The fourth-order valence-electron chi connectivity index (χ4n) is 2.94. The maximum atomic E-state index is 12.4. The Balaban J connectivity index is 1.62. The summed E-state index contributed by atoms with van der Waals surface area (Å²) < 4.78 is 0. The van der Waals surface area contributed by atoms with Crippen molar-refractivity contribution in [2.75, 3.05) is 10.6 Å². The zero-order valence-corrected chi connectivity index (χ0v) is 17.6. The number of anilines is 2. The minimum atomic E-state index is -0.129. The molecule has 3 N–H and O–H groups in total. The van der Waals surface area contributed by atoms with Crippen LogP contribution in [-0.4, -0.2) is 11.0 Å². The summed E-state index contributed by atoms with van der Waals surface area (Å²) in [6.45, 7) is 6.20. The van der Waals surface area contributed by atoms with Crippen LogP contribution in [-0.2, 0) is 0 Å². The smallest absolute Gasteiger partial charge is 0.255 e. The second kappa shape index (κ2) is 9.34. The van der Waals surface area contributed by atoms with E-state index in [1.54, 1.807) is 12.1 Å². The van der Waals surface area contributed by atoms with Gasteiger partial charge in [0, 0.05) is 16.9 Å². The first-order chi connectivity index (χ1) is 13.9. The van der Waals surface area contributed by atoms with E-state index in [1.807, 2.05) is 55.5 Å². The molecule has 3 aromatic rings. The molecule has 1 atom stereocenters. The number of amides is 1. The van der Waals surface area contributed by atoms with Crippen LogP contribution in [0.2, 0.25) is 0 Å². The van der Waals surface area contributed by atoms with Gasteiger partial charge < -0.3 is 16.0 Å². The largest absolute Gasteiger partial charge is 0.356 e. The second-order valence-electron chi connectivity index (χ2n) is 7.06. The van der Waals surface area contributed by atoms with Gasteiger partial charge in [0.1, 0.15) is 0 Å². The van der Waals surface area contributed by atoms with Gasteiger partial charge in [-0.3, -0.25) is 4.79 Å². The summed E-state index contributed by atoms with van der Waals surface area (Å²) in [5.41, 5.74) is 5.83. The van der Waals surface area contributed by atoms with Crippen LogP contribution in [0.15, 0.2) is 72.8 Å². The number of rotatable bonds is 5. The minimum Gasteiger partial charge on any atom is -0.356 e. The van der Waals surface area contributed by atoms with Gasteiger partial charge in [0.2, 0.25) is 0 Å². The molecule has 5 heteroatoms. The van der Waals surface area contributed by atoms with Gasteiger partial charge in [-0.25, -0.2) is 0 Å². The van der Waals surface area contributed by atoms with Crippen LogP contribution in [0.4, 0.5) is 11.4 Å². The molecule has 0 saturated carbocycles. The first kappa shape index (κ1) is 20.6. The van der Waals surface area contributed by atoms with Gasteiger partial charge in [-0.2, -0.15) is 0 Å². The molecule has 1 amide bonds. The molecule has 0 heterocycles. The van der Waals surface area contributed by atoms with Crippen molar-refractivity contribution in [1.82, 2.24) is 5.32 Å². The molecule has 148 valence electrons. The van der Waals surface area contributed by atoms with Crippen LogP contribution in [0, 0.1) is 13.8 Å². The first-order valence-corrected chi connectivity index (χ1v) is 9.94. The highest BCUT2D eigenvalue weighted by Crippen LogP contribution is 2.19. The number of carbonyl (C=O) groups excluding carboxylic acids is 1. The Kier molecular flexibility index (Phi) is 6.62. The average Bonchev–Trinajstić information content (AvgIpc) is 2.71. The first-order valence-electron chi connectivity index (χ1n) is 9.53. The minimum absolute atomic E-state index is 0.0184. The quantitative estimate of drug-likeness (QED) is 0.485. The van der Waals surface area contributed by atoms with Crippen molar-refractivity contribution in [1.29, 1.82) is 0 Å². The zero-order valence-electron chi connectivity index (χ0n) is 16.8. The highest BCUT2D eigenvalue weighted by atomic mass is 32.1. The molecule has 0 aliphatic heterocycles. The zero-order chi connectivity index (χ0) is 20.8. The molecule has 0 radical (unpaired) electrons. The van der Waals surface area contributed by atoms with Crippen molar-refractivity contribution >= 4 is 34.6 Å². The predicted octanol–water partition coefficient (Wildman–Crippen LogP) is 5.60. The molecular weight excluding hydrogens is 378 g/mol. The van der Waals surface area contributed by atoms with Gasteiger partial charge in [0.05, 0.1) is 6.04 Å². The van der Waals surface area contributed by atoms with E-state index in [4.69, 9.17) is 12.2 Å². The van der Waals surface area contributed by atoms with E-state index in [2.05, 4.69) is 41.9 Å². The van der Waals surface area contributed by atoms with Crippen LogP contribution in [0.5, 0.6) is 0 Å². The van der Waals surface area contributed by atoms with Crippen molar-refractivity contribution in [3.05, 3.63) is 95.1 Å².